The van der Waals surface area contributed by atoms with Crippen LogP contribution in [0.3, 0.4) is 0 Å². The van der Waals surface area contributed by atoms with E-state index in [1.165, 1.54) is 11.5 Å². The molecule has 0 aliphatic carbocycles. The molecule has 0 N–H and O–H groups in total. The third kappa shape index (κ3) is 6.48. The van der Waals surface area contributed by atoms with Gasteiger partial charge in [0.25, 0.3) is 0 Å². The highest BCUT2D eigenvalue weighted by molar-refractivity contribution is 7.09. The zero-order chi connectivity index (χ0) is 25.5. The quantitative estimate of drug-likeness (QED) is 0.364. The number of nitrogens with zero attached hydrogens (tertiary/aromatic N) is 5. The summed E-state index contributed by atoms with van der Waals surface area (Å²) in [5.74, 6) is 1.80. The smallest absolute Gasteiger partial charge is 0.224 e. The van der Waals surface area contributed by atoms with Gasteiger partial charge >= 0.3 is 0 Å². The third-order valence-electron chi connectivity index (χ3n) is 6.71. The molecule has 1 saturated heterocycles. The Hall–Kier alpha value is -2.84. The average molecular weight is 528 g/mol. The van der Waals surface area contributed by atoms with Crippen molar-refractivity contribution in [2.75, 3.05) is 49.6 Å². The number of para-hydroxylation sites is 1. The summed E-state index contributed by atoms with van der Waals surface area (Å²) in [4.78, 5) is 24.3. The molecule has 2 heterocycles. The summed E-state index contributed by atoms with van der Waals surface area (Å²) in [5.41, 5.74) is 2.15. The van der Waals surface area contributed by atoms with E-state index in [-0.39, 0.29) is 11.9 Å². The largest absolute Gasteiger partial charge is 0.497 e. The number of hydrogen-bond acceptors (Lipinski definition) is 7. The van der Waals surface area contributed by atoms with Crippen molar-refractivity contribution in [2.45, 2.75) is 39.2 Å². The minimum absolute atomic E-state index is 0.184. The molecule has 4 rings (SSSR count). The van der Waals surface area contributed by atoms with Crippen LogP contribution in [-0.4, -0.2) is 66.0 Å². The number of anilines is 2. The Labute approximate surface area is 222 Å². The van der Waals surface area contributed by atoms with E-state index < -0.39 is 0 Å². The topological polar surface area (TPSA) is 61.8 Å². The summed E-state index contributed by atoms with van der Waals surface area (Å²) in [6.07, 6.45) is 2.08. The molecule has 1 aliphatic rings. The first-order valence-corrected chi connectivity index (χ1v) is 13.6. The van der Waals surface area contributed by atoms with Crippen LogP contribution in [0.25, 0.3) is 0 Å². The first-order chi connectivity index (χ1) is 17.5. The van der Waals surface area contributed by atoms with Crippen LogP contribution in [-0.2, 0) is 11.2 Å². The van der Waals surface area contributed by atoms with E-state index in [0.29, 0.717) is 32.5 Å². The van der Waals surface area contributed by atoms with E-state index in [9.17, 15) is 4.79 Å². The molecular weight excluding hydrogens is 494 g/mol. The first-order valence-electron chi connectivity index (χ1n) is 12.5. The highest BCUT2D eigenvalue weighted by Gasteiger charge is 2.24. The highest BCUT2D eigenvalue weighted by atomic mass is 35.5. The van der Waals surface area contributed by atoms with Crippen LogP contribution in [0.5, 0.6) is 5.75 Å². The summed E-state index contributed by atoms with van der Waals surface area (Å²) in [7, 11) is 1.67. The van der Waals surface area contributed by atoms with Gasteiger partial charge in [0.1, 0.15) is 11.6 Å². The van der Waals surface area contributed by atoms with Gasteiger partial charge in [-0.05, 0) is 43.2 Å². The molecule has 3 aromatic rings. The van der Waals surface area contributed by atoms with Gasteiger partial charge in [0.05, 0.1) is 17.8 Å². The van der Waals surface area contributed by atoms with Crippen LogP contribution in [0, 0.1) is 0 Å². The Kier molecular flexibility index (Phi) is 9.04. The molecule has 1 aromatic heterocycles. The monoisotopic (exact) mass is 527 g/mol. The molecule has 0 saturated carbocycles. The molecule has 1 atom stereocenters. The molecule has 9 heteroatoms. The molecule has 0 unspecified atom stereocenters. The lowest BCUT2D eigenvalue weighted by Gasteiger charge is -2.37. The van der Waals surface area contributed by atoms with Crippen molar-refractivity contribution in [3.63, 3.8) is 0 Å². The molecule has 1 aliphatic heterocycles. The predicted octanol–water partition coefficient (Wildman–Crippen LogP) is 5.13. The number of amides is 1. The van der Waals surface area contributed by atoms with Crippen molar-refractivity contribution in [3.05, 3.63) is 64.9 Å². The molecule has 36 heavy (non-hydrogen) atoms. The van der Waals surface area contributed by atoms with Crippen LogP contribution in [0.15, 0.2) is 48.5 Å². The van der Waals surface area contributed by atoms with Gasteiger partial charge in [-0.3, -0.25) is 4.79 Å². The van der Waals surface area contributed by atoms with E-state index in [2.05, 4.69) is 34.1 Å². The first kappa shape index (κ1) is 26.2. The second-order valence-electron chi connectivity index (χ2n) is 9.04. The minimum atomic E-state index is 0.184. The van der Waals surface area contributed by atoms with E-state index in [1.54, 1.807) is 7.11 Å². The lowest BCUT2D eigenvalue weighted by atomic mass is 10.1. The van der Waals surface area contributed by atoms with E-state index >= 15 is 0 Å². The molecule has 192 valence electrons. The number of piperazine rings is 1. The van der Waals surface area contributed by atoms with E-state index in [4.69, 9.17) is 21.3 Å². The van der Waals surface area contributed by atoms with Gasteiger partial charge < -0.3 is 19.4 Å². The fourth-order valence-electron chi connectivity index (χ4n) is 4.40. The average Bonchev–Trinajstić information content (AvgIpc) is 3.36. The zero-order valence-corrected chi connectivity index (χ0v) is 22.8. The van der Waals surface area contributed by atoms with Crippen molar-refractivity contribution in [3.8, 4) is 5.75 Å². The number of carbonyl (C=O) groups is 1. The van der Waals surface area contributed by atoms with E-state index in [1.807, 2.05) is 47.4 Å². The molecule has 1 amide bonds. The molecule has 2 aromatic carbocycles. The summed E-state index contributed by atoms with van der Waals surface area (Å²) in [6.45, 7) is 7.95. The number of rotatable bonds is 10. The summed E-state index contributed by atoms with van der Waals surface area (Å²) in [6, 6.07) is 16.1. The lowest BCUT2D eigenvalue weighted by Crippen LogP contribution is -2.49. The van der Waals surface area contributed by atoms with Gasteiger partial charge in [0, 0.05) is 63.1 Å². The lowest BCUT2D eigenvalue weighted by molar-refractivity contribution is -0.131. The maximum Gasteiger partial charge on any atom is 0.224 e. The van der Waals surface area contributed by atoms with Crippen LogP contribution in [0.2, 0.25) is 5.02 Å². The number of halogens is 1. The van der Waals surface area contributed by atoms with Gasteiger partial charge in [-0.1, -0.05) is 42.8 Å². The summed E-state index contributed by atoms with van der Waals surface area (Å²) in [5, 5.41) is 1.63. The summed E-state index contributed by atoms with van der Waals surface area (Å²) < 4.78 is 9.93. The highest BCUT2D eigenvalue weighted by Crippen LogP contribution is 2.27. The maximum absolute atomic E-state index is 13.1. The fraction of sp³-hybridized carbons (Fsp3) is 0.444. The molecule has 1 fully saturated rings. The molecular formula is C27H34ClN5O2S. The van der Waals surface area contributed by atoms with Crippen LogP contribution in [0.1, 0.15) is 38.1 Å². The van der Waals surface area contributed by atoms with Crippen molar-refractivity contribution >= 4 is 39.9 Å². The number of hydrogen-bond donors (Lipinski definition) is 0. The Morgan fingerprint density at radius 3 is 2.67 bits per heavy atom. The van der Waals surface area contributed by atoms with Gasteiger partial charge in [0.15, 0.2) is 0 Å². The number of benzene rings is 2. The van der Waals surface area contributed by atoms with Gasteiger partial charge in [0.2, 0.25) is 11.0 Å². The predicted molar refractivity (Wildman–Crippen MR) is 148 cm³/mol. The number of methoxy groups -OCH3 is 1. The van der Waals surface area contributed by atoms with Crippen molar-refractivity contribution < 1.29 is 9.53 Å². The molecule has 0 bridgehead atoms. The minimum Gasteiger partial charge on any atom is -0.497 e. The van der Waals surface area contributed by atoms with Gasteiger partial charge in [-0.2, -0.15) is 4.37 Å². The van der Waals surface area contributed by atoms with Gasteiger partial charge in [-0.15, -0.1) is 0 Å². The Balaban J connectivity index is 1.34. The van der Waals surface area contributed by atoms with E-state index in [0.717, 1.165) is 52.5 Å². The van der Waals surface area contributed by atoms with Crippen molar-refractivity contribution in [1.29, 1.82) is 0 Å². The number of carbonyl (C=O) groups excluding carboxylic acids is 1. The van der Waals surface area contributed by atoms with Gasteiger partial charge in [-0.25, -0.2) is 4.98 Å². The normalized spacial score (nSPS) is 14.6. The van der Waals surface area contributed by atoms with Crippen LogP contribution in [0.4, 0.5) is 10.8 Å². The third-order valence-corrected chi connectivity index (χ3v) is 7.83. The molecule has 7 nitrogen and oxygen atoms in total. The second kappa shape index (κ2) is 12.4. The Bertz CT molecular complexity index is 1150. The maximum atomic E-state index is 13.1. The second-order valence-corrected chi connectivity index (χ2v) is 10.2. The standard InChI is InChI=1S/C27H34ClN5O2S/c1-4-20(2)33(27-29-25(30-36-27)19-21-8-7-9-22(18-21)35-3)13-12-26(34)32-16-14-31(15-17-32)24-11-6-5-10-23(24)28/h5-11,18,20H,4,12-17,19H2,1-3H3/t20-/m0/s1. The zero-order valence-electron chi connectivity index (χ0n) is 21.2. The fourth-order valence-corrected chi connectivity index (χ4v) is 5.47. The number of aromatic nitrogens is 2. The van der Waals surface area contributed by atoms with Crippen molar-refractivity contribution in [1.82, 2.24) is 14.3 Å². The van der Waals surface area contributed by atoms with Crippen LogP contribution < -0.4 is 14.5 Å². The Morgan fingerprint density at radius 2 is 1.94 bits per heavy atom. The van der Waals surface area contributed by atoms with Crippen LogP contribution >= 0.6 is 23.1 Å². The SMILES string of the molecule is CC[C@H](C)N(CCC(=O)N1CCN(c2ccccc2Cl)CC1)c1nc(Cc2cccc(OC)c2)ns1. The number of ether oxygens (including phenoxy) is 1. The molecule has 0 spiro atoms. The van der Waals surface area contributed by atoms with Crippen molar-refractivity contribution in [2.24, 2.45) is 0 Å². The molecule has 0 radical (unpaired) electrons. The summed E-state index contributed by atoms with van der Waals surface area (Å²) >= 11 is 7.77. The Morgan fingerprint density at radius 1 is 1.17 bits per heavy atom.